The number of phenols is 1. The van der Waals surface area contributed by atoms with Gasteiger partial charge in [0.15, 0.2) is 6.61 Å². The highest BCUT2D eigenvalue weighted by Crippen LogP contribution is 2.22. The molecule has 9 nitrogen and oxygen atoms in total. The van der Waals surface area contributed by atoms with Crippen LogP contribution in [0.4, 0.5) is 11.4 Å². The van der Waals surface area contributed by atoms with E-state index in [1.165, 1.54) is 30.3 Å². The summed E-state index contributed by atoms with van der Waals surface area (Å²) in [5.41, 5.74) is -0.175. The number of anilines is 1. The summed E-state index contributed by atoms with van der Waals surface area (Å²) in [7, 11) is 0. The van der Waals surface area contributed by atoms with Crippen LogP contribution in [0.5, 0.6) is 11.5 Å². The van der Waals surface area contributed by atoms with Crippen LogP contribution in [-0.2, 0) is 4.79 Å². The molecule has 0 spiro atoms. The topological polar surface area (TPSA) is 139 Å². The summed E-state index contributed by atoms with van der Waals surface area (Å²) in [5, 5.41) is 31.3. The zero-order chi connectivity index (χ0) is 17.7. The molecule has 2 aromatic rings. The molecule has 2 rings (SSSR count). The summed E-state index contributed by atoms with van der Waals surface area (Å²) in [4.78, 5) is 32.5. The fourth-order valence-corrected chi connectivity index (χ4v) is 1.80. The minimum absolute atomic E-state index is 0.0965. The Morgan fingerprint density at radius 3 is 2.38 bits per heavy atom. The SMILES string of the molecule is O=C(COc1ccc([N+](=O)[O-])cc1)Nc1ccc(C(=O)O)c(O)c1. The van der Waals surface area contributed by atoms with Gasteiger partial charge in [0, 0.05) is 23.9 Å². The van der Waals surface area contributed by atoms with Gasteiger partial charge in [-0.05, 0) is 24.3 Å². The maximum atomic E-state index is 11.7. The third-order valence-electron chi connectivity index (χ3n) is 2.93. The van der Waals surface area contributed by atoms with E-state index in [1.807, 2.05) is 0 Å². The summed E-state index contributed by atoms with van der Waals surface area (Å²) >= 11 is 0. The highest BCUT2D eigenvalue weighted by atomic mass is 16.6. The Labute approximate surface area is 135 Å². The lowest BCUT2D eigenvalue weighted by Gasteiger charge is -2.08. The molecule has 0 aromatic heterocycles. The molecule has 3 N–H and O–H groups in total. The second kappa shape index (κ2) is 7.09. The van der Waals surface area contributed by atoms with Crippen LogP contribution in [0.1, 0.15) is 10.4 Å². The van der Waals surface area contributed by atoms with Crippen molar-refractivity contribution < 1.29 is 29.5 Å². The van der Waals surface area contributed by atoms with E-state index in [0.717, 1.165) is 12.1 Å². The highest BCUT2D eigenvalue weighted by Gasteiger charge is 2.11. The Balaban J connectivity index is 1.92. The van der Waals surface area contributed by atoms with Gasteiger partial charge in [0.2, 0.25) is 0 Å². The van der Waals surface area contributed by atoms with E-state index in [4.69, 9.17) is 9.84 Å². The van der Waals surface area contributed by atoms with Crippen LogP contribution in [0.25, 0.3) is 0 Å². The molecule has 0 aliphatic carbocycles. The van der Waals surface area contributed by atoms with E-state index in [2.05, 4.69) is 5.32 Å². The summed E-state index contributed by atoms with van der Waals surface area (Å²) in [5.74, 6) is -2.03. The van der Waals surface area contributed by atoms with Gasteiger partial charge in [0.1, 0.15) is 17.1 Å². The van der Waals surface area contributed by atoms with E-state index >= 15 is 0 Å². The molecule has 0 bridgehead atoms. The molecule has 0 saturated heterocycles. The van der Waals surface area contributed by atoms with Crippen LogP contribution in [0, 0.1) is 10.1 Å². The number of nitrogens with zero attached hydrogens (tertiary/aromatic N) is 1. The summed E-state index contributed by atoms with van der Waals surface area (Å²) < 4.78 is 5.18. The number of carboxylic acids is 1. The zero-order valence-corrected chi connectivity index (χ0v) is 12.1. The molecular formula is C15H12N2O7. The van der Waals surface area contributed by atoms with Crippen molar-refractivity contribution in [2.75, 3.05) is 11.9 Å². The molecule has 0 radical (unpaired) electrons. The number of aromatic carboxylic acids is 1. The largest absolute Gasteiger partial charge is 0.507 e. The molecule has 0 unspecified atom stereocenters. The maximum absolute atomic E-state index is 11.7. The second-order valence-corrected chi connectivity index (χ2v) is 4.62. The number of nitro benzene ring substituents is 1. The van der Waals surface area contributed by atoms with Gasteiger partial charge in [0.25, 0.3) is 11.6 Å². The number of rotatable bonds is 6. The van der Waals surface area contributed by atoms with Crippen molar-refractivity contribution in [1.29, 1.82) is 0 Å². The van der Waals surface area contributed by atoms with Gasteiger partial charge < -0.3 is 20.3 Å². The van der Waals surface area contributed by atoms with Crippen molar-refractivity contribution in [2.45, 2.75) is 0 Å². The molecule has 2 aromatic carbocycles. The number of amides is 1. The number of nitrogens with one attached hydrogen (secondary N) is 1. The molecule has 0 atom stereocenters. The minimum atomic E-state index is -1.29. The number of carboxylic acid groups (broad SMARTS) is 1. The van der Waals surface area contributed by atoms with Gasteiger partial charge in [-0.3, -0.25) is 14.9 Å². The van der Waals surface area contributed by atoms with Gasteiger partial charge >= 0.3 is 5.97 Å². The normalized spacial score (nSPS) is 10.0. The predicted molar refractivity (Wildman–Crippen MR) is 82.3 cm³/mol. The number of benzene rings is 2. The first-order valence-corrected chi connectivity index (χ1v) is 6.60. The standard InChI is InChI=1S/C15H12N2O7/c18-13-7-9(1-6-12(13)15(20)21)16-14(19)8-24-11-4-2-10(3-5-11)17(22)23/h1-7,18H,8H2,(H,16,19)(H,20,21). The molecule has 0 fully saturated rings. The number of non-ortho nitro benzene ring substituents is 1. The molecular weight excluding hydrogens is 320 g/mol. The van der Waals surface area contributed by atoms with Crippen molar-refractivity contribution in [3.05, 3.63) is 58.1 Å². The van der Waals surface area contributed by atoms with Crippen molar-refractivity contribution >= 4 is 23.3 Å². The van der Waals surface area contributed by atoms with Crippen LogP contribution in [-0.4, -0.2) is 33.6 Å². The molecule has 0 heterocycles. The Kier molecular flexibility index (Phi) is 4.95. The predicted octanol–water partition coefficient (Wildman–Crippen LogP) is 2.02. The number of aromatic hydroxyl groups is 1. The Morgan fingerprint density at radius 1 is 1.17 bits per heavy atom. The smallest absolute Gasteiger partial charge is 0.339 e. The molecule has 9 heteroatoms. The summed E-state index contributed by atoms with van der Waals surface area (Å²) in [6.45, 7) is -0.362. The minimum Gasteiger partial charge on any atom is -0.507 e. The Hall–Kier alpha value is -3.62. The maximum Gasteiger partial charge on any atom is 0.339 e. The fraction of sp³-hybridized carbons (Fsp3) is 0.0667. The van der Waals surface area contributed by atoms with Gasteiger partial charge in [0.05, 0.1) is 4.92 Å². The average molecular weight is 332 g/mol. The van der Waals surface area contributed by atoms with Crippen molar-refractivity contribution in [1.82, 2.24) is 0 Å². The van der Waals surface area contributed by atoms with Crippen LogP contribution < -0.4 is 10.1 Å². The van der Waals surface area contributed by atoms with Crippen molar-refractivity contribution in [3.63, 3.8) is 0 Å². The Bertz CT molecular complexity index is 787. The van der Waals surface area contributed by atoms with Gasteiger partial charge in [-0.2, -0.15) is 0 Å². The fourth-order valence-electron chi connectivity index (χ4n) is 1.80. The number of ether oxygens (including phenoxy) is 1. The lowest BCUT2D eigenvalue weighted by Crippen LogP contribution is -2.20. The third-order valence-corrected chi connectivity index (χ3v) is 2.93. The van der Waals surface area contributed by atoms with E-state index in [9.17, 15) is 24.8 Å². The summed E-state index contributed by atoms with van der Waals surface area (Å²) in [6, 6.07) is 8.80. The number of nitro groups is 1. The first-order valence-electron chi connectivity index (χ1n) is 6.60. The lowest BCUT2D eigenvalue weighted by atomic mass is 10.2. The monoisotopic (exact) mass is 332 g/mol. The van der Waals surface area contributed by atoms with Crippen LogP contribution in [0.15, 0.2) is 42.5 Å². The first kappa shape index (κ1) is 16.7. The van der Waals surface area contributed by atoms with Gasteiger partial charge in [-0.15, -0.1) is 0 Å². The number of hydrogen-bond acceptors (Lipinski definition) is 6. The van der Waals surface area contributed by atoms with E-state index in [-0.39, 0.29) is 29.3 Å². The highest BCUT2D eigenvalue weighted by molar-refractivity contribution is 5.95. The molecule has 0 saturated carbocycles. The van der Waals surface area contributed by atoms with Crippen LogP contribution >= 0.6 is 0 Å². The number of hydrogen-bond donors (Lipinski definition) is 3. The van der Waals surface area contributed by atoms with Crippen LogP contribution in [0.2, 0.25) is 0 Å². The molecule has 0 aliphatic rings. The van der Waals surface area contributed by atoms with Crippen molar-refractivity contribution in [2.24, 2.45) is 0 Å². The van der Waals surface area contributed by atoms with Crippen LogP contribution in [0.3, 0.4) is 0 Å². The lowest BCUT2D eigenvalue weighted by molar-refractivity contribution is -0.384. The molecule has 124 valence electrons. The number of carbonyl (C=O) groups excluding carboxylic acids is 1. The second-order valence-electron chi connectivity index (χ2n) is 4.62. The summed E-state index contributed by atoms with van der Waals surface area (Å²) in [6.07, 6.45) is 0. The third kappa shape index (κ3) is 4.19. The Morgan fingerprint density at radius 2 is 1.83 bits per heavy atom. The quantitative estimate of drug-likeness (QED) is 0.543. The average Bonchev–Trinajstić information content (AvgIpc) is 2.53. The van der Waals surface area contributed by atoms with Gasteiger partial charge in [-0.25, -0.2) is 4.79 Å². The van der Waals surface area contributed by atoms with Crippen molar-refractivity contribution in [3.8, 4) is 11.5 Å². The molecule has 1 amide bonds. The van der Waals surface area contributed by atoms with E-state index in [0.29, 0.717) is 0 Å². The van der Waals surface area contributed by atoms with E-state index < -0.39 is 22.5 Å². The first-order chi connectivity index (χ1) is 11.4. The van der Waals surface area contributed by atoms with Gasteiger partial charge in [-0.1, -0.05) is 0 Å². The van der Waals surface area contributed by atoms with E-state index in [1.54, 1.807) is 0 Å². The number of carbonyl (C=O) groups is 2. The zero-order valence-electron chi connectivity index (χ0n) is 12.1. The molecule has 0 aliphatic heterocycles. The molecule has 24 heavy (non-hydrogen) atoms.